The monoisotopic (exact) mass is 265 g/mol. The summed E-state index contributed by atoms with van der Waals surface area (Å²) >= 11 is 5.81. The lowest BCUT2D eigenvalue weighted by Crippen LogP contribution is -2.53. The number of carbonyl (C=O) groups is 1. The van der Waals surface area contributed by atoms with Crippen LogP contribution in [-0.4, -0.2) is 24.7 Å². The number of halogens is 1. The molecule has 4 heteroatoms. The largest absolute Gasteiger partial charge is 0.378 e. The summed E-state index contributed by atoms with van der Waals surface area (Å²) in [6, 6.07) is 7.73. The predicted molar refractivity (Wildman–Crippen MR) is 69.6 cm³/mol. The summed E-state index contributed by atoms with van der Waals surface area (Å²) in [4.78, 5) is 11.9. The van der Waals surface area contributed by atoms with Gasteiger partial charge in [0.25, 0.3) is 0 Å². The van der Waals surface area contributed by atoms with E-state index in [1.807, 2.05) is 24.3 Å². The molecule has 1 saturated carbocycles. The van der Waals surface area contributed by atoms with Gasteiger partial charge in [-0.25, -0.2) is 0 Å². The number of fused-ring (bicyclic) bond motifs is 1. The quantitative estimate of drug-likeness (QED) is 0.910. The molecule has 0 radical (unpaired) electrons. The van der Waals surface area contributed by atoms with Gasteiger partial charge in [0.1, 0.15) is 0 Å². The Hall–Kier alpha value is -1.06. The van der Waals surface area contributed by atoms with Gasteiger partial charge in [-0.3, -0.25) is 4.79 Å². The SMILES string of the molecule is O=C(Cc1ccc(Cl)cc1)N[C@H]1C[C@@H]2OCC[C@H]12. The summed E-state index contributed by atoms with van der Waals surface area (Å²) in [5.41, 5.74) is 0.996. The Kier molecular flexibility index (Phi) is 3.27. The van der Waals surface area contributed by atoms with E-state index >= 15 is 0 Å². The van der Waals surface area contributed by atoms with Gasteiger partial charge in [0, 0.05) is 23.6 Å². The first-order chi connectivity index (χ1) is 8.72. The number of nitrogens with one attached hydrogen (secondary N) is 1. The molecule has 0 spiro atoms. The Labute approximate surface area is 111 Å². The molecule has 0 bridgehead atoms. The van der Waals surface area contributed by atoms with Crippen molar-refractivity contribution in [3.63, 3.8) is 0 Å². The van der Waals surface area contributed by atoms with Crippen LogP contribution in [0.1, 0.15) is 18.4 Å². The lowest BCUT2D eigenvalue weighted by Gasteiger charge is -2.39. The molecule has 1 saturated heterocycles. The maximum absolute atomic E-state index is 11.9. The first-order valence-corrected chi connectivity index (χ1v) is 6.75. The molecule has 3 atom stereocenters. The molecule has 96 valence electrons. The molecule has 1 heterocycles. The lowest BCUT2D eigenvalue weighted by atomic mass is 9.76. The number of benzene rings is 1. The Morgan fingerprint density at radius 2 is 2.17 bits per heavy atom. The minimum atomic E-state index is 0.0904. The molecule has 1 amide bonds. The third-order valence-corrected chi connectivity index (χ3v) is 4.14. The third kappa shape index (κ3) is 2.38. The van der Waals surface area contributed by atoms with Crippen LogP contribution in [0, 0.1) is 5.92 Å². The fraction of sp³-hybridized carbons (Fsp3) is 0.500. The molecule has 18 heavy (non-hydrogen) atoms. The van der Waals surface area contributed by atoms with Crippen LogP contribution in [0.25, 0.3) is 0 Å². The van der Waals surface area contributed by atoms with Crippen LogP contribution in [0.4, 0.5) is 0 Å². The van der Waals surface area contributed by atoms with Crippen LogP contribution >= 0.6 is 11.6 Å². The van der Waals surface area contributed by atoms with Crippen LogP contribution in [0.3, 0.4) is 0 Å². The van der Waals surface area contributed by atoms with Crippen LogP contribution in [0.15, 0.2) is 24.3 Å². The van der Waals surface area contributed by atoms with Gasteiger partial charge in [-0.2, -0.15) is 0 Å². The number of amides is 1. The van der Waals surface area contributed by atoms with E-state index in [4.69, 9.17) is 16.3 Å². The maximum atomic E-state index is 11.9. The second kappa shape index (κ2) is 4.90. The Balaban J connectivity index is 1.51. The van der Waals surface area contributed by atoms with Gasteiger partial charge >= 0.3 is 0 Å². The van der Waals surface area contributed by atoms with Gasteiger partial charge in [-0.1, -0.05) is 23.7 Å². The van der Waals surface area contributed by atoms with E-state index in [1.165, 1.54) is 0 Å². The van der Waals surface area contributed by atoms with Crippen molar-refractivity contribution in [2.24, 2.45) is 5.92 Å². The summed E-state index contributed by atoms with van der Waals surface area (Å²) < 4.78 is 5.53. The zero-order chi connectivity index (χ0) is 12.5. The molecule has 2 aliphatic rings. The maximum Gasteiger partial charge on any atom is 0.224 e. The second-order valence-electron chi connectivity index (χ2n) is 5.07. The number of carbonyl (C=O) groups excluding carboxylic acids is 1. The van der Waals surface area contributed by atoms with Gasteiger partial charge in [0.15, 0.2) is 0 Å². The van der Waals surface area contributed by atoms with Gasteiger partial charge < -0.3 is 10.1 Å². The Bertz CT molecular complexity index is 446. The summed E-state index contributed by atoms with van der Waals surface area (Å²) in [5, 5.41) is 3.80. The van der Waals surface area contributed by atoms with Crippen molar-refractivity contribution < 1.29 is 9.53 Å². The molecule has 2 fully saturated rings. The highest BCUT2D eigenvalue weighted by molar-refractivity contribution is 6.30. The van der Waals surface area contributed by atoms with Crippen molar-refractivity contribution in [1.29, 1.82) is 0 Å². The topological polar surface area (TPSA) is 38.3 Å². The molecule has 1 aromatic rings. The second-order valence-corrected chi connectivity index (χ2v) is 5.51. The molecule has 1 N–H and O–H groups in total. The van der Waals surface area contributed by atoms with E-state index in [9.17, 15) is 4.79 Å². The molecule has 1 aromatic carbocycles. The van der Waals surface area contributed by atoms with E-state index in [2.05, 4.69) is 5.32 Å². The smallest absolute Gasteiger partial charge is 0.224 e. The van der Waals surface area contributed by atoms with E-state index in [-0.39, 0.29) is 5.91 Å². The van der Waals surface area contributed by atoms with Crippen LogP contribution in [-0.2, 0) is 16.0 Å². The summed E-state index contributed by atoms with van der Waals surface area (Å²) in [6.45, 7) is 0.846. The van der Waals surface area contributed by atoms with Gasteiger partial charge in [-0.15, -0.1) is 0 Å². The molecular formula is C14H16ClNO2. The standard InChI is InChI=1S/C14H16ClNO2/c15-10-3-1-9(2-4-10)7-14(17)16-12-8-13-11(12)5-6-18-13/h1-4,11-13H,5-8H2,(H,16,17)/t11-,12+,13+/m1/s1. The van der Waals surface area contributed by atoms with Gasteiger partial charge in [0.05, 0.1) is 12.5 Å². The van der Waals surface area contributed by atoms with E-state index in [1.54, 1.807) is 0 Å². The lowest BCUT2D eigenvalue weighted by molar-refractivity contribution is -0.123. The van der Waals surface area contributed by atoms with Crippen LogP contribution in [0.2, 0.25) is 5.02 Å². The van der Waals surface area contributed by atoms with Crippen molar-refractivity contribution in [1.82, 2.24) is 5.32 Å². The highest BCUT2D eigenvalue weighted by atomic mass is 35.5. The van der Waals surface area contributed by atoms with Crippen molar-refractivity contribution in [2.75, 3.05) is 6.61 Å². The number of hydrogen-bond acceptors (Lipinski definition) is 2. The summed E-state index contributed by atoms with van der Waals surface area (Å²) in [7, 11) is 0. The molecule has 3 nitrogen and oxygen atoms in total. The highest BCUT2D eigenvalue weighted by Crippen LogP contribution is 2.38. The highest BCUT2D eigenvalue weighted by Gasteiger charge is 2.45. The predicted octanol–water partition coefficient (Wildman–Crippen LogP) is 2.18. The zero-order valence-electron chi connectivity index (χ0n) is 10.1. The van der Waals surface area contributed by atoms with Gasteiger partial charge in [-0.05, 0) is 30.5 Å². The van der Waals surface area contributed by atoms with Crippen LogP contribution in [0.5, 0.6) is 0 Å². The molecule has 3 rings (SSSR count). The summed E-state index contributed by atoms with van der Waals surface area (Å²) in [5.74, 6) is 0.631. The minimum absolute atomic E-state index is 0.0904. The van der Waals surface area contributed by atoms with Crippen molar-refractivity contribution in [3.05, 3.63) is 34.9 Å². The average molecular weight is 266 g/mol. The van der Waals surface area contributed by atoms with E-state index in [0.29, 0.717) is 29.5 Å². The zero-order valence-corrected chi connectivity index (χ0v) is 10.8. The number of ether oxygens (including phenoxy) is 1. The van der Waals surface area contributed by atoms with E-state index in [0.717, 1.165) is 25.0 Å². The first-order valence-electron chi connectivity index (χ1n) is 6.38. The molecule has 1 aliphatic heterocycles. The first kappa shape index (κ1) is 12.0. The molecule has 0 unspecified atom stereocenters. The number of hydrogen-bond donors (Lipinski definition) is 1. The third-order valence-electron chi connectivity index (χ3n) is 3.89. The Morgan fingerprint density at radius 3 is 2.89 bits per heavy atom. The van der Waals surface area contributed by atoms with Gasteiger partial charge in [0.2, 0.25) is 5.91 Å². The van der Waals surface area contributed by atoms with Crippen molar-refractivity contribution in [2.45, 2.75) is 31.4 Å². The van der Waals surface area contributed by atoms with E-state index < -0.39 is 0 Å². The fourth-order valence-electron chi connectivity index (χ4n) is 2.81. The Morgan fingerprint density at radius 1 is 1.39 bits per heavy atom. The molecular weight excluding hydrogens is 250 g/mol. The number of rotatable bonds is 3. The molecule has 0 aromatic heterocycles. The van der Waals surface area contributed by atoms with Crippen molar-refractivity contribution >= 4 is 17.5 Å². The average Bonchev–Trinajstić information content (AvgIpc) is 2.71. The van der Waals surface area contributed by atoms with Crippen molar-refractivity contribution in [3.8, 4) is 0 Å². The summed E-state index contributed by atoms with van der Waals surface area (Å²) in [6.07, 6.45) is 2.87. The molecule has 1 aliphatic carbocycles. The minimum Gasteiger partial charge on any atom is -0.378 e. The fourth-order valence-corrected chi connectivity index (χ4v) is 2.93. The normalized spacial score (nSPS) is 29.5. The van der Waals surface area contributed by atoms with Crippen LogP contribution < -0.4 is 5.32 Å².